The third-order valence-electron chi connectivity index (χ3n) is 6.59. The second-order valence-electron chi connectivity index (χ2n) is 8.33. The predicted molar refractivity (Wildman–Crippen MR) is 98.6 cm³/mol. The van der Waals surface area contributed by atoms with E-state index in [4.69, 9.17) is 4.74 Å². The summed E-state index contributed by atoms with van der Waals surface area (Å²) in [5.41, 5.74) is 0.0216. The van der Waals surface area contributed by atoms with Gasteiger partial charge in [-0.15, -0.1) is 6.58 Å². The summed E-state index contributed by atoms with van der Waals surface area (Å²) in [5, 5.41) is 0. The third-order valence-corrected chi connectivity index (χ3v) is 6.59. The van der Waals surface area contributed by atoms with E-state index in [1.165, 1.54) is 89.9 Å². The van der Waals surface area contributed by atoms with E-state index < -0.39 is 0 Å². The maximum absolute atomic E-state index is 6.45. The Kier molecular flexibility index (Phi) is 6.39. The van der Waals surface area contributed by atoms with Crippen molar-refractivity contribution in [1.29, 1.82) is 0 Å². The Balaban J connectivity index is 1.53. The van der Waals surface area contributed by atoms with Crippen molar-refractivity contribution < 1.29 is 4.74 Å². The van der Waals surface area contributed by atoms with E-state index in [1.54, 1.807) is 0 Å². The van der Waals surface area contributed by atoms with Crippen LogP contribution in [0.4, 0.5) is 0 Å². The van der Waals surface area contributed by atoms with Gasteiger partial charge in [-0.1, -0.05) is 82.4 Å². The van der Waals surface area contributed by atoms with E-state index in [9.17, 15) is 0 Å². The summed E-state index contributed by atoms with van der Waals surface area (Å²) >= 11 is 0. The number of hydrogen-bond acceptors (Lipinski definition) is 1. The zero-order chi connectivity index (χ0) is 16.0. The lowest BCUT2D eigenvalue weighted by atomic mass is 9.79. The molecule has 1 heterocycles. The molecule has 0 amide bonds. The highest BCUT2D eigenvalue weighted by Crippen LogP contribution is 2.39. The topological polar surface area (TPSA) is 9.23 Å². The molecule has 1 unspecified atom stereocenters. The van der Waals surface area contributed by atoms with Crippen molar-refractivity contribution >= 4 is 0 Å². The Labute approximate surface area is 143 Å². The first-order chi connectivity index (χ1) is 11.3. The van der Waals surface area contributed by atoms with Crippen molar-refractivity contribution in [2.45, 2.75) is 102 Å². The molecule has 1 atom stereocenters. The molecular formula is C22H36O. The predicted octanol–water partition coefficient (Wildman–Crippen LogP) is 6.59. The van der Waals surface area contributed by atoms with Crippen LogP contribution >= 0.6 is 0 Å². The van der Waals surface area contributed by atoms with Gasteiger partial charge in [-0.2, -0.15) is 0 Å². The first-order valence-electron chi connectivity index (χ1n) is 10.3. The van der Waals surface area contributed by atoms with Gasteiger partial charge in [0.15, 0.2) is 0 Å². The van der Waals surface area contributed by atoms with Crippen LogP contribution in [0.25, 0.3) is 0 Å². The van der Waals surface area contributed by atoms with E-state index in [2.05, 4.69) is 18.7 Å². The molecule has 1 heteroatoms. The summed E-state index contributed by atoms with van der Waals surface area (Å²) in [6, 6.07) is 0. The Hall–Kier alpha value is -0.560. The van der Waals surface area contributed by atoms with Crippen molar-refractivity contribution in [3.63, 3.8) is 0 Å². The summed E-state index contributed by atoms with van der Waals surface area (Å²) in [6.45, 7) is 3.93. The van der Waals surface area contributed by atoms with Crippen molar-refractivity contribution in [2.75, 3.05) is 0 Å². The zero-order valence-electron chi connectivity index (χ0n) is 15.0. The fourth-order valence-electron chi connectivity index (χ4n) is 5.00. The summed E-state index contributed by atoms with van der Waals surface area (Å²) < 4.78 is 6.45. The average molecular weight is 317 g/mol. The molecule has 0 aromatic carbocycles. The van der Waals surface area contributed by atoms with Crippen molar-refractivity contribution in [1.82, 2.24) is 0 Å². The summed E-state index contributed by atoms with van der Waals surface area (Å²) in [7, 11) is 0. The minimum absolute atomic E-state index is 0.0216. The van der Waals surface area contributed by atoms with Gasteiger partial charge in [0.2, 0.25) is 0 Å². The minimum Gasteiger partial charge on any atom is -0.360 e. The molecule has 2 saturated carbocycles. The molecule has 0 radical (unpaired) electrons. The average Bonchev–Trinajstić information content (AvgIpc) is 3.04. The highest BCUT2D eigenvalue weighted by atomic mass is 16.5. The molecule has 0 spiro atoms. The fourth-order valence-corrected chi connectivity index (χ4v) is 5.00. The van der Waals surface area contributed by atoms with E-state index in [0.29, 0.717) is 0 Å². The molecule has 3 rings (SSSR count). The monoisotopic (exact) mass is 316 g/mol. The van der Waals surface area contributed by atoms with Gasteiger partial charge in [0, 0.05) is 0 Å². The van der Waals surface area contributed by atoms with Gasteiger partial charge < -0.3 is 4.74 Å². The smallest absolute Gasteiger partial charge is 0.0947 e. The van der Waals surface area contributed by atoms with Gasteiger partial charge >= 0.3 is 0 Å². The molecule has 2 aliphatic carbocycles. The molecular weight excluding hydrogens is 280 g/mol. The van der Waals surface area contributed by atoms with Crippen LogP contribution < -0.4 is 0 Å². The van der Waals surface area contributed by atoms with Gasteiger partial charge in [0.1, 0.15) is 0 Å². The van der Waals surface area contributed by atoms with Crippen LogP contribution in [0.2, 0.25) is 0 Å². The fraction of sp³-hybridized carbons (Fsp3) is 0.818. The first kappa shape index (κ1) is 17.3. The lowest BCUT2D eigenvalue weighted by Gasteiger charge is -2.33. The van der Waals surface area contributed by atoms with Crippen LogP contribution in [0, 0.1) is 11.8 Å². The van der Waals surface area contributed by atoms with Gasteiger partial charge in [-0.3, -0.25) is 0 Å². The van der Waals surface area contributed by atoms with Crippen LogP contribution in [0.15, 0.2) is 24.8 Å². The third kappa shape index (κ3) is 4.95. The molecule has 0 aromatic heterocycles. The second kappa shape index (κ2) is 8.51. The lowest BCUT2D eigenvalue weighted by molar-refractivity contribution is -0.0257. The molecule has 130 valence electrons. The van der Waals surface area contributed by atoms with Crippen molar-refractivity contribution in [3.05, 3.63) is 24.8 Å². The van der Waals surface area contributed by atoms with Gasteiger partial charge in [0.05, 0.1) is 11.7 Å². The molecule has 0 N–H and O–H groups in total. The highest BCUT2D eigenvalue weighted by Gasteiger charge is 2.35. The Bertz CT molecular complexity index is 363. The first-order valence-corrected chi connectivity index (χ1v) is 10.3. The molecule has 3 aliphatic rings. The van der Waals surface area contributed by atoms with E-state index in [0.717, 1.165) is 11.8 Å². The van der Waals surface area contributed by atoms with Gasteiger partial charge in [0.25, 0.3) is 0 Å². The Morgan fingerprint density at radius 3 is 1.83 bits per heavy atom. The van der Waals surface area contributed by atoms with Crippen LogP contribution in [-0.2, 0) is 4.74 Å². The largest absolute Gasteiger partial charge is 0.360 e. The maximum Gasteiger partial charge on any atom is 0.0947 e. The van der Waals surface area contributed by atoms with Crippen molar-refractivity contribution in [2.24, 2.45) is 11.8 Å². The molecule has 23 heavy (non-hydrogen) atoms. The lowest BCUT2D eigenvalue weighted by Crippen LogP contribution is -2.31. The van der Waals surface area contributed by atoms with E-state index >= 15 is 0 Å². The van der Waals surface area contributed by atoms with E-state index in [1.807, 2.05) is 6.08 Å². The van der Waals surface area contributed by atoms with Crippen molar-refractivity contribution in [3.8, 4) is 0 Å². The van der Waals surface area contributed by atoms with Crippen LogP contribution in [-0.4, -0.2) is 11.7 Å². The van der Waals surface area contributed by atoms with E-state index in [-0.39, 0.29) is 11.7 Å². The van der Waals surface area contributed by atoms with Crippen LogP contribution in [0.5, 0.6) is 0 Å². The van der Waals surface area contributed by atoms with Crippen LogP contribution in [0.3, 0.4) is 0 Å². The molecule has 2 fully saturated rings. The molecule has 0 aromatic rings. The zero-order valence-corrected chi connectivity index (χ0v) is 15.0. The summed E-state index contributed by atoms with van der Waals surface area (Å²) in [4.78, 5) is 0. The molecule has 0 bridgehead atoms. The summed E-state index contributed by atoms with van der Waals surface area (Å²) in [5.74, 6) is 1.91. The molecule has 0 saturated heterocycles. The molecule has 1 nitrogen and oxygen atoms in total. The molecule has 1 aliphatic heterocycles. The number of rotatable bonds is 7. The minimum atomic E-state index is 0.0216. The second-order valence-corrected chi connectivity index (χ2v) is 8.33. The Morgan fingerprint density at radius 1 is 0.870 bits per heavy atom. The normalized spacial score (nSPS) is 29.0. The number of hydrogen-bond donors (Lipinski definition) is 0. The standard InChI is InChI=1S/C22H36O/c1-2-21-15-18-22(23-21,16-13-19-9-5-3-6-10-19)17-14-20-11-7-4-8-12-20/h2,15,18-21H,1,3-14,16-17H2. The SMILES string of the molecule is C=CC1C=CC(CCC2CCCCC2)(CCC2CCCCC2)O1. The van der Waals surface area contributed by atoms with Gasteiger partial charge in [-0.25, -0.2) is 0 Å². The highest BCUT2D eigenvalue weighted by molar-refractivity contribution is 5.15. The van der Waals surface area contributed by atoms with Gasteiger partial charge in [-0.05, 0) is 37.5 Å². The Morgan fingerprint density at radius 2 is 1.39 bits per heavy atom. The summed E-state index contributed by atoms with van der Waals surface area (Å²) in [6.07, 6.45) is 26.4. The van der Waals surface area contributed by atoms with Crippen LogP contribution in [0.1, 0.15) is 89.9 Å². The quantitative estimate of drug-likeness (QED) is 0.481. The maximum atomic E-state index is 6.45. The number of ether oxygens (including phenoxy) is 1.